The highest BCUT2D eigenvalue weighted by atomic mass is 19.3. The molecule has 0 unspecified atom stereocenters. The lowest BCUT2D eigenvalue weighted by Crippen LogP contribution is -2.28. The molecule has 5 rings (SSSR count). The summed E-state index contributed by atoms with van der Waals surface area (Å²) in [5.41, 5.74) is 3.20. The van der Waals surface area contributed by atoms with Crippen LogP contribution in [0.5, 0.6) is 0 Å². The lowest BCUT2D eigenvalue weighted by Gasteiger charge is -2.28. The van der Waals surface area contributed by atoms with Gasteiger partial charge in [0.15, 0.2) is 5.65 Å². The van der Waals surface area contributed by atoms with Crippen molar-refractivity contribution in [1.82, 2.24) is 29.5 Å². The standard InChI is InChI=1S/C19H19F2N7/c20-19(21)5-1-12(2-6-19)9-23-18-24-11-14-13(10-22-17(14)27-18)15-4-8-28-16(26-15)3-7-25-28/h3-4,7-8,10-12H,1-2,5-6,9H2,(H2,22,23,24,27). The Morgan fingerprint density at radius 1 is 1.21 bits per heavy atom. The van der Waals surface area contributed by atoms with E-state index in [-0.39, 0.29) is 18.8 Å². The number of hydrogen-bond donors (Lipinski definition) is 2. The minimum atomic E-state index is -2.50. The summed E-state index contributed by atoms with van der Waals surface area (Å²) < 4.78 is 28.2. The van der Waals surface area contributed by atoms with Gasteiger partial charge in [0.1, 0.15) is 5.65 Å². The van der Waals surface area contributed by atoms with Crippen LogP contribution in [0.2, 0.25) is 0 Å². The average molecular weight is 383 g/mol. The molecule has 0 radical (unpaired) electrons. The van der Waals surface area contributed by atoms with Gasteiger partial charge < -0.3 is 10.3 Å². The predicted molar refractivity (Wildman–Crippen MR) is 101 cm³/mol. The van der Waals surface area contributed by atoms with E-state index in [0.29, 0.717) is 31.0 Å². The zero-order chi connectivity index (χ0) is 19.1. The third kappa shape index (κ3) is 3.17. The second kappa shape index (κ2) is 6.50. The Bertz CT molecular complexity index is 1120. The van der Waals surface area contributed by atoms with Gasteiger partial charge in [-0.1, -0.05) is 0 Å². The van der Waals surface area contributed by atoms with Crippen LogP contribution in [-0.2, 0) is 0 Å². The Hall–Kier alpha value is -3.10. The van der Waals surface area contributed by atoms with E-state index in [1.54, 1.807) is 16.9 Å². The van der Waals surface area contributed by atoms with Crippen molar-refractivity contribution in [2.45, 2.75) is 31.6 Å². The largest absolute Gasteiger partial charge is 0.354 e. The summed E-state index contributed by atoms with van der Waals surface area (Å²) in [4.78, 5) is 16.7. The highest BCUT2D eigenvalue weighted by molar-refractivity contribution is 5.92. The van der Waals surface area contributed by atoms with Crippen LogP contribution < -0.4 is 5.32 Å². The Morgan fingerprint density at radius 3 is 2.93 bits per heavy atom. The maximum Gasteiger partial charge on any atom is 0.248 e. The summed E-state index contributed by atoms with van der Waals surface area (Å²) in [6.45, 7) is 0.606. The minimum Gasteiger partial charge on any atom is -0.354 e. The van der Waals surface area contributed by atoms with Crippen LogP contribution in [0.25, 0.3) is 27.9 Å². The average Bonchev–Trinajstić information content (AvgIpc) is 3.33. The molecule has 7 nitrogen and oxygen atoms in total. The molecule has 0 atom stereocenters. The van der Waals surface area contributed by atoms with E-state index in [9.17, 15) is 8.78 Å². The molecular weight excluding hydrogens is 364 g/mol. The quantitative estimate of drug-likeness (QED) is 0.558. The highest BCUT2D eigenvalue weighted by Gasteiger charge is 2.34. The fourth-order valence-electron chi connectivity index (χ4n) is 3.71. The topological polar surface area (TPSA) is 83.8 Å². The number of aromatic nitrogens is 6. The van der Waals surface area contributed by atoms with E-state index in [2.05, 4.69) is 30.4 Å². The van der Waals surface area contributed by atoms with Gasteiger partial charge in [-0.2, -0.15) is 10.1 Å². The first kappa shape index (κ1) is 17.0. The van der Waals surface area contributed by atoms with Gasteiger partial charge >= 0.3 is 0 Å². The molecule has 4 heterocycles. The Kier molecular flexibility index (Phi) is 3.96. The van der Waals surface area contributed by atoms with Crippen LogP contribution in [0.4, 0.5) is 14.7 Å². The summed E-state index contributed by atoms with van der Waals surface area (Å²) in [5, 5.41) is 8.22. The number of nitrogens with one attached hydrogen (secondary N) is 2. The van der Waals surface area contributed by atoms with E-state index >= 15 is 0 Å². The summed E-state index contributed by atoms with van der Waals surface area (Å²) >= 11 is 0. The summed E-state index contributed by atoms with van der Waals surface area (Å²) in [6.07, 6.45) is 8.17. The number of alkyl halides is 2. The maximum atomic E-state index is 13.3. The summed E-state index contributed by atoms with van der Waals surface area (Å²) in [6, 6.07) is 3.74. The fraction of sp³-hybridized carbons (Fsp3) is 0.368. The SMILES string of the molecule is FC1(F)CCC(CNc2ncc3c(-c4ccn5nccc5n4)c[nH]c3n2)CC1. The first-order valence-electron chi connectivity index (χ1n) is 9.34. The van der Waals surface area contributed by atoms with Crippen LogP contribution >= 0.6 is 0 Å². The van der Waals surface area contributed by atoms with Gasteiger partial charge in [-0.05, 0) is 24.8 Å². The zero-order valence-electron chi connectivity index (χ0n) is 15.1. The molecule has 4 aromatic heterocycles. The van der Waals surface area contributed by atoms with E-state index in [1.165, 1.54) is 0 Å². The lowest BCUT2D eigenvalue weighted by atomic mass is 9.87. The number of fused-ring (bicyclic) bond motifs is 2. The maximum absolute atomic E-state index is 13.3. The highest BCUT2D eigenvalue weighted by Crippen LogP contribution is 2.36. The Labute approximate surface area is 159 Å². The van der Waals surface area contributed by atoms with Crippen LogP contribution in [0.1, 0.15) is 25.7 Å². The van der Waals surface area contributed by atoms with Crippen molar-refractivity contribution in [1.29, 1.82) is 0 Å². The molecule has 0 aromatic carbocycles. The molecule has 4 aromatic rings. The molecule has 2 N–H and O–H groups in total. The first-order chi connectivity index (χ1) is 13.6. The van der Waals surface area contributed by atoms with E-state index in [1.807, 2.05) is 24.5 Å². The first-order valence-corrected chi connectivity index (χ1v) is 9.34. The molecule has 1 saturated carbocycles. The van der Waals surface area contributed by atoms with Gasteiger partial charge in [-0.15, -0.1) is 0 Å². The number of hydrogen-bond acceptors (Lipinski definition) is 5. The molecule has 0 spiro atoms. The van der Waals surface area contributed by atoms with Crippen LogP contribution in [-0.4, -0.2) is 42.0 Å². The Morgan fingerprint density at radius 2 is 2.07 bits per heavy atom. The van der Waals surface area contributed by atoms with E-state index in [4.69, 9.17) is 0 Å². The molecule has 28 heavy (non-hydrogen) atoms. The zero-order valence-corrected chi connectivity index (χ0v) is 15.1. The molecule has 0 bridgehead atoms. The minimum absolute atomic E-state index is 0.0340. The third-order valence-corrected chi connectivity index (χ3v) is 5.35. The van der Waals surface area contributed by atoms with E-state index < -0.39 is 5.92 Å². The van der Waals surface area contributed by atoms with Crippen LogP contribution in [0.15, 0.2) is 36.9 Å². The number of aromatic amines is 1. The van der Waals surface area contributed by atoms with E-state index in [0.717, 1.165) is 22.3 Å². The smallest absolute Gasteiger partial charge is 0.248 e. The number of anilines is 1. The summed E-state index contributed by atoms with van der Waals surface area (Å²) in [7, 11) is 0. The second-order valence-corrected chi connectivity index (χ2v) is 7.29. The molecule has 0 saturated heterocycles. The van der Waals surface area contributed by atoms with Crippen molar-refractivity contribution in [3.8, 4) is 11.3 Å². The Balaban J connectivity index is 1.33. The molecule has 0 aliphatic heterocycles. The molecule has 144 valence electrons. The molecule has 9 heteroatoms. The molecule has 0 amide bonds. The van der Waals surface area contributed by atoms with Gasteiger partial charge in [0.05, 0.1) is 11.9 Å². The van der Waals surface area contributed by atoms with Crippen molar-refractivity contribution in [3.05, 3.63) is 36.9 Å². The van der Waals surface area contributed by atoms with Gasteiger partial charge in [-0.3, -0.25) is 0 Å². The fourth-order valence-corrected chi connectivity index (χ4v) is 3.71. The van der Waals surface area contributed by atoms with Crippen LogP contribution in [0.3, 0.4) is 0 Å². The number of rotatable bonds is 4. The van der Waals surface area contributed by atoms with Crippen LogP contribution in [0, 0.1) is 5.92 Å². The van der Waals surface area contributed by atoms with Crippen molar-refractivity contribution in [2.75, 3.05) is 11.9 Å². The second-order valence-electron chi connectivity index (χ2n) is 7.29. The monoisotopic (exact) mass is 383 g/mol. The molecular formula is C19H19F2N7. The molecule has 1 fully saturated rings. The van der Waals surface area contributed by atoms with Crippen molar-refractivity contribution < 1.29 is 8.78 Å². The molecule has 1 aliphatic carbocycles. The van der Waals surface area contributed by atoms with Gasteiger partial charge in [0, 0.05) is 55.0 Å². The predicted octanol–water partition coefficient (Wildman–Crippen LogP) is 3.91. The normalized spacial score (nSPS) is 17.4. The van der Waals surface area contributed by atoms with Crippen molar-refractivity contribution in [3.63, 3.8) is 0 Å². The number of halogens is 2. The molecule has 1 aliphatic rings. The van der Waals surface area contributed by atoms with Crippen molar-refractivity contribution >= 4 is 22.6 Å². The van der Waals surface area contributed by atoms with Gasteiger partial charge in [0.25, 0.3) is 0 Å². The van der Waals surface area contributed by atoms with Gasteiger partial charge in [-0.25, -0.2) is 23.3 Å². The third-order valence-electron chi connectivity index (χ3n) is 5.35. The van der Waals surface area contributed by atoms with Gasteiger partial charge in [0.2, 0.25) is 11.9 Å². The van der Waals surface area contributed by atoms with Crippen molar-refractivity contribution in [2.24, 2.45) is 5.92 Å². The summed E-state index contributed by atoms with van der Waals surface area (Å²) in [5.74, 6) is -1.78. The number of nitrogens with zero attached hydrogens (tertiary/aromatic N) is 5. The lowest BCUT2D eigenvalue weighted by molar-refractivity contribution is -0.0443. The number of H-pyrrole nitrogens is 1.